The van der Waals surface area contributed by atoms with Crippen molar-refractivity contribution in [3.8, 4) is 0 Å². The summed E-state index contributed by atoms with van der Waals surface area (Å²) in [5.41, 5.74) is 1.26. The number of carboxylic acids is 1. The number of nitrogens with one attached hydrogen (secondary N) is 2. The first kappa shape index (κ1) is 15.6. The van der Waals surface area contributed by atoms with E-state index in [2.05, 4.69) is 26.2 Å². The Hall–Kier alpha value is -1.82. The highest BCUT2D eigenvalue weighted by Gasteiger charge is 2.26. The average molecular weight is 353 g/mol. The number of hydrogen-bond donors (Lipinski definition) is 3. The molecular weight excluding hydrogens is 336 g/mol. The summed E-state index contributed by atoms with van der Waals surface area (Å²) in [7, 11) is 0. The molecular formula is C15H17BrN2O3. The minimum Gasteiger partial charge on any atom is -0.480 e. The minimum atomic E-state index is -1.02. The molecule has 0 spiro atoms. The van der Waals surface area contributed by atoms with Gasteiger partial charge in [-0.15, -0.1) is 0 Å². The fourth-order valence-electron chi connectivity index (χ4n) is 2.22. The Morgan fingerprint density at radius 2 is 2.14 bits per heavy atom. The summed E-state index contributed by atoms with van der Waals surface area (Å²) in [6, 6.07) is 4.68. The van der Waals surface area contributed by atoms with Gasteiger partial charge in [-0.25, -0.2) is 4.79 Å². The normalized spacial score (nSPS) is 13.9. The number of H-pyrrole nitrogens is 1. The monoisotopic (exact) mass is 352 g/mol. The summed E-state index contributed by atoms with van der Waals surface area (Å²) < 4.78 is 0.793. The van der Waals surface area contributed by atoms with Crippen LogP contribution in [0.3, 0.4) is 0 Å². The second kappa shape index (κ2) is 6.30. The molecule has 0 radical (unpaired) electrons. The van der Waals surface area contributed by atoms with Crippen LogP contribution in [0.15, 0.2) is 28.9 Å². The fourth-order valence-corrected chi connectivity index (χ4v) is 2.80. The van der Waals surface area contributed by atoms with Crippen LogP contribution in [0, 0.1) is 5.92 Å². The third-order valence-electron chi connectivity index (χ3n) is 3.67. The molecule has 0 aliphatic carbocycles. The smallest absolute Gasteiger partial charge is 0.326 e. The highest BCUT2D eigenvalue weighted by molar-refractivity contribution is 9.10. The SMILES string of the molecule is CC[C@H](C)[C@H](NC(=O)c1c[nH]c2cccc(Br)c12)C(=O)O. The maximum atomic E-state index is 12.4. The van der Waals surface area contributed by atoms with Gasteiger partial charge in [0.05, 0.1) is 5.56 Å². The Balaban J connectivity index is 2.32. The Bertz CT molecular complexity index is 681. The molecule has 2 rings (SSSR count). The molecule has 1 amide bonds. The lowest BCUT2D eigenvalue weighted by atomic mass is 9.99. The van der Waals surface area contributed by atoms with Crippen LogP contribution in [0.1, 0.15) is 30.6 Å². The predicted octanol–water partition coefficient (Wildman–Crippen LogP) is 3.16. The average Bonchev–Trinajstić information content (AvgIpc) is 2.89. The zero-order chi connectivity index (χ0) is 15.6. The zero-order valence-corrected chi connectivity index (χ0v) is 13.4. The van der Waals surface area contributed by atoms with E-state index in [0.717, 1.165) is 15.4 Å². The largest absolute Gasteiger partial charge is 0.480 e. The van der Waals surface area contributed by atoms with E-state index in [1.54, 1.807) is 6.20 Å². The summed E-state index contributed by atoms with van der Waals surface area (Å²) >= 11 is 3.42. The summed E-state index contributed by atoms with van der Waals surface area (Å²) in [6.07, 6.45) is 2.27. The third-order valence-corrected chi connectivity index (χ3v) is 4.33. The first-order valence-corrected chi connectivity index (χ1v) is 7.54. The van der Waals surface area contributed by atoms with Crippen molar-refractivity contribution in [1.82, 2.24) is 10.3 Å². The van der Waals surface area contributed by atoms with Crippen LogP contribution in [0.4, 0.5) is 0 Å². The second-order valence-corrected chi connectivity index (χ2v) is 5.89. The molecule has 0 saturated carbocycles. The molecule has 2 atom stereocenters. The zero-order valence-electron chi connectivity index (χ0n) is 11.8. The molecule has 0 unspecified atom stereocenters. The summed E-state index contributed by atoms with van der Waals surface area (Å²) in [5.74, 6) is -1.54. The number of fused-ring (bicyclic) bond motifs is 1. The number of amides is 1. The fraction of sp³-hybridized carbons (Fsp3) is 0.333. The van der Waals surface area contributed by atoms with Gasteiger partial charge in [-0.05, 0) is 18.1 Å². The Kier molecular flexibility index (Phi) is 4.67. The van der Waals surface area contributed by atoms with Crippen LogP contribution in [0.25, 0.3) is 10.9 Å². The van der Waals surface area contributed by atoms with Gasteiger partial charge in [-0.1, -0.05) is 42.3 Å². The Labute approximate surface area is 130 Å². The molecule has 21 heavy (non-hydrogen) atoms. The first-order valence-electron chi connectivity index (χ1n) is 6.75. The van der Waals surface area contributed by atoms with E-state index in [4.69, 9.17) is 0 Å². The van der Waals surface area contributed by atoms with Gasteiger partial charge in [0.1, 0.15) is 6.04 Å². The second-order valence-electron chi connectivity index (χ2n) is 5.04. The van der Waals surface area contributed by atoms with Gasteiger partial charge in [0.25, 0.3) is 5.91 Å². The van der Waals surface area contributed by atoms with Gasteiger partial charge in [-0.2, -0.15) is 0 Å². The molecule has 1 aromatic carbocycles. The molecule has 0 fully saturated rings. The lowest BCUT2D eigenvalue weighted by Crippen LogP contribution is -2.44. The van der Waals surface area contributed by atoms with Crippen molar-refractivity contribution >= 4 is 38.7 Å². The highest BCUT2D eigenvalue weighted by atomic mass is 79.9. The number of carbonyl (C=O) groups excluding carboxylic acids is 1. The van der Waals surface area contributed by atoms with Crippen molar-refractivity contribution in [2.24, 2.45) is 5.92 Å². The van der Waals surface area contributed by atoms with Crippen molar-refractivity contribution in [1.29, 1.82) is 0 Å². The van der Waals surface area contributed by atoms with Crippen molar-refractivity contribution in [2.75, 3.05) is 0 Å². The van der Waals surface area contributed by atoms with Gasteiger partial charge in [-0.3, -0.25) is 4.79 Å². The van der Waals surface area contributed by atoms with Crippen molar-refractivity contribution in [3.63, 3.8) is 0 Å². The number of halogens is 1. The molecule has 6 heteroatoms. The molecule has 0 saturated heterocycles. The number of rotatable bonds is 5. The third kappa shape index (κ3) is 3.10. The molecule has 3 N–H and O–H groups in total. The maximum absolute atomic E-state index is 12.4. The first-order chi connectivity index (χ1) is 9.95. The number of aromatic amines is 1. The number of benzene rings is 1. The van der Waals surface area contributed by atoms with E-state index in [1.807, 2.05) is 32.0 Å². The van der Waals surface area contributed by atoms with Crippen molar-refractivity contribution < 1.29 is 14.7 Å². The highest BCUT2D eigenvalue weighted by Crippen LogP contribution is 2.27. The number of carbonyl (C=O) groups is 2. The molecule has 0 bridgehead atoms. The Morgan fingerprint density at radius 1 is 1.43 bits per heavy atom. The number of aliphatic carboxylic acids is 1. The maximum Gasteiger partial charge on any atom is 0.326 e. The molecule has 5 nitrogen and oxygen atoms in total. The minimum absolute atomic E-state index is 0.139. The molecule has 1 aromatic heterocycles. The van der Waals surface area contributed by atoms with E-state index in [0.29, 0.717) is 12.0 Å². The lowest BCUT2D eigenvalue weighted by molar-refractivity contribution is -0.140. The predicted molar refractivity (Wildman–Crippen MR) is 84.3 cm³/mol. The van der Waals surface area contributed by atoms with Crippen LogP contribution < -0.4 is 5.32 Å². The van der Waals surface area contributed by atoms with Gasteiger partial charge >= 0.3 is 5.97 Å². The summed E-state index contributed by atoms with van der Waals surface area (Å²) in [6.45, 7) is 3.71. The molecule has 0 aliphatic rings. The number of hydrogen-bond acceptors (Lipinski definition) is 2. The van der Waals surface area contributed by atoms with Crippen molar-refractivity contribution in [2.45, 2.75) is 26.3 Å². The van der Waals surface area contributed by atoms with Crippen LogP contribution in [0.5, 0.6) is 0 Å². The number of carboxylic acid groups (broad SMARTS) is 1. The number of aromatic nitrogens is 1. The van der Waals surface area contributed by atoms with Gasteiger partial charge in [0, 0.05) is 21.6 Å². The molecule has 2 aromatic rings. The van der Waals surface area contributed by atoms with E-state index in [9.17, 15) is 14.7 Å². The van der Waals surface area contributed by atoms with Crippen LogP contribution in [-0.4, -0.2) is 28.0 Å². The molecule has 112 valence electrons. The van der Waals surface area contributed by atoms with Crippen LogP contribution >= 0.6 is 15.9 Å². The standard InChI is InChI=1S/C15H17BrN2O3/c1-3-8(2)13(15(20)21)18-14(19)9-7-17-11-6-4-5-10(16)12(9)11/h4-8,13,17H,3H2,1-2H3,(H,18,19)(H,20,21)/t8-,13-/m0/s1. The Morgan fingerprint density at radius 3 is 2.76 bits per heavy atom. The summed E-state index contributed by atoms with van der Waals surface area (Å²) in [4.78, 5) is 26.7. The quantitative estimate of drug-likeness (QED) is 0.772. The van der Waals surface area contributed by atoms with Crippen molar-refractivity contribution in [3.05, 3.63) is 34.4 Å². The van der Waals surface area contributed by atoms with Gasteiger partial charge in [0.2, 0.25) is 0 Å². The van der Waals surface area contributed by atoms with Crippen LogP contribution in [0.2, 0.25) is 0 Å². The van der Waals surface area contributed by atoms with E-state index in [-0.39, 0.29) is 11.8 Å². The van der Waals surface area contributed by atoms with E-state index in [1.165, 1.54) is 0 Å². The van der Waals surface area contributed by atoms with Gasteiger partial charge in [0.15, 0.2) is 0 Å². The van der Waals surface area contributed by atoms with Gasteiger partial charge < -0.3 is 15.4 Å². The molecule has 0 aliphatic heterocycles. The van der Waals surface area contributed by atoms with E-state index >= 15 is 0 Å². The topological polar surface area (TPSA) is 82.2 Å². The van der Waals surface area contributed by atoms with E-state index < -0.39 is 12.0 Å². The lowest BCUT2D eigenvalue weighted by Gasteiger charge is -2.20. The van der Waals surface area contributed by atoms with Crippen LogP contribution in [-0.2, 0) is 4.79 Å². The molecule has 1 heterocycles. The summed E-state index contributed by atoms with van der Waals surface area (Å²) in [5, 5.41) is 12.6.